The Kier molecular flexibility index (Phi) is 6.15. The summed E-state index contributed by atoms with van der Waals surface area (Å²) in [6, 6.07) is 11.2. The van der Waals surface area contributed by atoms with Crippen molar-refractivity contribution in [2.75, 3.05) is 0 Å². The molecule has 0 nitrogen and oxygen atoms in total. The van der Waals surface area contributed by atoms with Crippen LogP contribution in [0.3, 0.4) is 0 Å². The third-order valence-corrected chi connectivity index (χ3v) is 5.23. The molecule has 0 saturated carbocycles. The quantitative estimate of drug-likeness (QED) is 0.169. The lowest BCUT2D eigenvalue weighted by Gasteiger charge is -2.08. The van der Waals surface area contributed by atoms with Crippen LogP contribution in [-0.2, 0) is 6.42 Å². The van der Waals surface area contributed by atoms with Gasteiger partial charge in [0.15, 0.2) is 17.5 Å². The molecule has 166 valence electrons. The fraction of sp³-hybridized carbons (Fsp3) is 0.111. The molecule has 4 rings (SSSR count). The van der Waals surface area contributed by atoms with Gasteiger partial charge in [0, 0.05) is 16.5 Å². The smallest absolute Gasteiger partial charge is 0.195 e. The predicted octanol–water partition coefficient (Wildman–Crippen LogP) is 7.69. The van der Waals surface area contributed by atoms with Gasteiger partial charge < -0.3 is 0 Å². The second kappa shape index (κ2) is 9.03. The fourth-order valence-corrected chi connectivity index (χ4v) is 3.60. The zero-order valence-corrected chi connectivity index (χ0v) is 17.4. The van der Waals surface area contributed by atoms with Crippen LogP contribution < -0.4 is 0 Å². The Morgan fingerprint density at radius 3 is 2.06 bits per heavy atom. The van der Waals surface area contributed by atoms with Gasteiger partial charge in [-0.25, -0.2) is 26.3 Å². The summed E-state index contributed by atoms with van der Waals surface area (Å²) in [6.07, 6.45) is 1.53. The van der Waals surface area contributed by atoms with Crippen molar-refractivity contribution in [2.45, 2.75) is 19.8 Å². The van der Waals surface area contributed by atoms with Crippen LogP contribution in [0.25, 0.3) is 21.9 Å². The zero-order valence-electron chi connectivity index (χ0n) is 17.4. The average Bonchev–Trinajstić information content (AvgIpc) is 2.77. The van der Waals surface area contributed by atoms with Crippen molar-refractivity contribution in [3.05, 3.63) is 106 Å². The molecular weight excluding hydrogens is 438 g/mol. The van der Waals surface area contributed by atoms with E-state index in [1.54, 1.807) is 6.07 Å². The highest BCUT2D eigenvalue weighted by Crippen LogP contribution is 2.28. The third kappa shape index (κ3) is 4.45. The van der Waals surface area contributed by atoms with Crippen molar-refractivity contribution in [3.63, 3.8) is 0 Å². The Bertz CT molecular complexity index is 1420. The summed E-state index contributed by atoms with van der Waals surface area (Å²) in [4.78, 5) is 0. The van der Waals surface area contributed by atoms with Gasteiger partial charge in [0.2, 0.25) is 0 Å². The first-order valence-corrected chi connectivity index (χ1v) is 10.2. The van der Waals surface area contributed by atoms with Crippen LogP contribution in [0.15, 0.2) is 54.6 Å². The molecule has 0 amide bonds. The highest BCUT2D eigenvalue weighted by Gasteiger charge is 2.15. The molecule has 0 aliphatic rings. The first-order chi connectivity index (χ1) is 15.8. The van der Waals surface area contributed by atoms with Gasteiger partial charge in [-0.2, -0.15) is 0 Å². The van der Waals surface area contributed by atoms with E-state index in [0.717, 1.165) is 30.2 Å². The van der Waals surface area contributed by atoms with Crippen LogP contribution in [0, 0.1) is 46.7 Å². The van der Waals surface area contributed by atoms with E-state index in [2.05, 4.69) is 11.8 Å². The van der Waals surface area contributed by atoms with Crippen molar-refractivity contribution >= 4 is 10.8 Å². The lowest BCUT2D eigenvalue weighted by Crippen LogP contribution is -1.95. The van der Waals surface area contributed by atoms with Gasteiger partial charge in [-0.1, -0.05) is 43.4 Å². The lowest BCUT2D eigenvalue weighted by atomic mass is 9.99. The first kappa shape index (κ1) is 22.5. The van der Waals surface area contributed by atoms with Gasteiger partial charge in [-0.3, -0.25) is 0 Å². The number of fused-ring (bicyclic) bond motifs is 1. The summed E-state index contributed by atoms with van der Waals surface area (Å²) in [5.41, 5.74) is 0.583. The number of halogens is 6. The van der Waals surface area contributed by atoms with E-state index >= 15 is 0 Å². The van der Waals surface area contributed by atoms with E-state index in [9.17, 15) is 26.3 Å². The van der Waals surface area contributed by atoms with E-state index in [4.69, 9.17) is 0 Å². The van der Waals surface area contributed by atoms with Crippen LogP contribution >= 0.6 is 0 Å². The molecule has 4 aromatic carbocycles. The molecule has 6 heteroatoms. The van der Waals surface area contributed by atoms with Crippen LogP contribution in [0.1, 0.15) is 30.0 Å². The molecule has 0 fully saturated rings. The van der Waals surface area contributed by atoms with Gasteiger partial charge in [0.1, 0.15) is 17.5 Å². The first-order valence-electron chi connectivity index (χ1n) is 10.2. The largest absolute Gasteiger partial charge is 0.206 e. The lowest BCUT2D eigenvalue weighted by molar-refractivity contribution is 0.453. The molecule has 0 aliphatic carbocycles. The summed E-state index contributed by atoms with van der Waals surface area (Å²) >= 11 is 0. The van der Waals surface area contributed by atoms with E-state index in [1.807, 2.05) is 6.92 Å². The maximum atomic E-state index is 14.6. The molecule has 0 N–H and O–H groups in total. The highest BCUT2D eigenvalue weighted by atomic mass is 19.2. The molecule has 0 aromatic heterocycles. The van der Waals surface area contributed by atoms with Crippen LogP contribution in [0.2, 0.25) is 0 Å². The third-order valence-electron chi connectivity index (χ3n) is 5.23. The standard InChI is InChI=1S/C27H16F6/c1-2-3-15-4-7-19(22(28)11-15)18-12-23(29)21(24(30)13-18)9-6-16-5-8-20-17(10-16)14-25(31)27(33)26(20)32/h4-5,7-8,10-14H,2-3H2,1H3. The Hall–Kier alpha value is -3.72. The van der Waals surface area contributed by atoms with Crippen LogP contribution in [0.5, 0.6) is 0 Å². The fourth-order valence-electron chi connectivity index (χ4n) is 3.60. The SMILES string of the molecule is CCCc1ccc(-c2cc(F)c(C#Cc3ccc4c(F)c(F)c(F)cc4c3)c(F)c2)c(F)c1. The summed E-state index contributed by atoms with van der Waals surface area (Å²) < 4.78 is 84.4. The minimum absolute atomic E-state index is 0.0368. The Balaban J connectivity index is 1.69. The summed E-state index contributed by atoms with van der Waals surface area (Å²) in [5, 5.41) is -0.0929. The maximum Gasteiger partial charge on any atom is 0.195 e. The van der Waals surface area contributed by atoms with Crippen molar-refractivity contribution in [1.29, 1.82) is 0 Å². The molecule has 0 heterocycles. The summed E-state index contributed by atoms with van der Waals surface area (Å²) in [5.74, 6) is -1.89. The second-order valence-corrected chi connectivity index (χ2v) is 7.55. The molecule has 0 aliphatic heterocycles. The van der Waals surface area contributed by atoms with E-state index < -0.39 is 40.5 Å². The minimum Gasteiger partial charge on any atom is -0.206 e. The second-order valence-electron chi connectivity index (χ2n) is 7.55. The number of rotatable bonds is 3. The summed E-state index contributed by atoms with van der Waals surface area (Å²) in [7, 11) is 0. The van der Waals surface area contributed by atoms with Crippen LogP contribution in [0.4, 0.5) is 26.3 Å². The van der Waals surface area contributed by atoms with Gasteiger partial charge in [0.05, 0.1) is 5.56 Å². The zero-order chi connectivity index (χ0) is 23.7. The molecule has 4 aromatic rings. The van der Waals surface area contributed by atoms with Gasteiger partial charge >= 0.3 is 0 Å². The molecule has 0 atom stereocenters. The molecule has 0 unspecified atom stereocenters. The van der Waals surface area contributed by atoms with Crippen molar-refractivity contribution in [2.24, 2.45) is 0 Å². The van der Waals surface area contributed by atoms with Crippen molar-refractivity contribution in [1.82, 2.24) is 0 Å². The summed E-state index contributed by atoms with van der Waals surface area (Å²) in [6.45, 7) is 1.96. The molecule has 0 saturated heterocycles. The number of hydrogen-bond acceptors (Lipinski definition) is 0. The Morgan fingerprint density at radius 2 is 1.39 bits per heavy atom. The highest BCUT2D eigenvalue weighted by molar-refractivity contribution is 5.84. The molecular formula is C27H16F6. The molecule has 0 radical (unpaired) electrons. The van der Waals surface area contributed by atoms with E-state index in [-0.39, 0.29) is 27.5 Å². The Labute approximate surface area is 186 Å². The maximum absolute atomic E-state index is 14.6. The van der Waals surface area contributed by atoms with Gasteiger partial charge in [-0.15, -0.1) is 0 Å². The minimum atomic E-state index is -1.58. The predicted molar refractivity (Wildman–Crippen MR) is 116 cm³/mol. The van der Waals surface area contributed by atoms with Crippen LogP contribution in [-0.4, -0.2) is 0 Å². The molecule has 33 heavy (non-hydrogen) atoms. The number of benzene rings is 4. The average molecular weight is 454 g/mol. The van der Waals surface area contributed by atoms with Gasteiger partial charge in [-0.05, 0) is 59.3 Å². The topological polar surface area (TPSA) is 0 Å². The Morgan fingerprint density at radius 1 is 0.667 bits per heavy atom. The molecule has 0 spiro atoms. The van der Waals surface area contributed by atoms with Gasteiger partial charge in [0.25, 0.3) is 0 Å². The van der Waals surface area contributed by atoms with Crippen molar-refractivity contribution < 1.29 is 26.3 Å². The monoisotopic (exact) mass is 454 g/mol. The molecule has 0 bridgehead atoms. The normalized spacial score (nSPS) is 10.9. The number of aryl methyl sites for hydroxylation is 1. The van der Waals surface area contributed by atoms with Crippen molar-refractivity contribution in [3.8, 4) is 23.0 Å². The number of hydrogen-bond donors (Lipinski definition) is 0. The van der Waals surface area contributed by atoms with E-state index in [1.165, 1.54) is 30.3 Å². The van der Waals surface area contributed by atoms with E-state index in [0.29, 0.717) is 6.42 Å².